The molecule has 26 heavy (non-hydrogen) atoms. The van der Waals surface area contributed by atoms with Gasteiger partial charge in [0.2, 0.25) is 0 Å². The average Bonchev–Trinajstić information content (AvgIpc) is 2.69. The van der Waals surface area contributed by atoms with E-state index in [1.165, 1.54) is 0 Å². The van der Waals surface area contributed by atoms with Crippen LogP contribution in [0.15, 0.2) is 83.9 Å². The van der Waals surface area contributed by atoms with Crippen molar-refractivity contribution < 1.29 is 10.2 Å². The zero-order valence-corrected chi connectivity index (χ0v) is 15.1. The molecule has 0 saturated heterocycles. The number of benzene rings is 3. The lowest BCUT2D eigenvalue weighted by atomic mass is 9.81. The van der Waals surface area contributed by atoms with E-state index in [0.29, 0.717) is 5.56 Å². The summed E-state index contributed by atoms with van der Waals surface area (Å²) >= 11 is 5.95. The van der Waals surface area contributed by atoms with E-state index in [2.05, 4.69) is 4.99 Å². The van der Waals surface area contributed by atoms with E-state index in [-0.39, 0.29) is 10.8 Å². The predicted molar refractivity (Wildman–Crippen MR) is 106 cm³/mol. The number of halogens is 1. The quantitative estimate of drug-likeness (QED) is 0.639. The molecule has 0 aliphatic heterocycles. The van der Waals surface area contributed by atoms with Crippen LogP contribution in [-0.4, -0.2) is 22.5 Å². The largest absolute Gasteiger partial charge is 0.506 e. The van der Waals surface area contributed by atoms with Gasteiger partial charge >= 0.3 is 0 Å². The maximum atomic E-state index is 11.6. The molecule has 0 bridgehead atoms. The molecule has 0 saturated carbocycles. The average molecular weight is 366 g/mol. The molecule has 1 unspecified atom stereocenters. The van der Waals surface area contributed by atoms with Gasteiger partial charge < -0.3 is 10.2 Å². The van der Waals surface area contributed by atoms with Gasteiger partial charge in [0.15, 0.2) is 0 Å². The van der Waals surface area contributed by atoms with Gasteiger partial charge in [-0.2, -0.15) is 0 Å². The maximum absolute atomic E-state index is 11.6. The molecule has 2 N–H and O–H groups in total. The number of nitrogens with zero attached hydrogens (tertiary/aromatic N) is 1. The molecule has 3 aromatic rings. The highest BCUT2D eigenvalue weighted by atomic mass is 35.5. The third kappa shape index (κ3) is 3.50. The monoisotopic (exact) mass is 365 g/mol. The SMILES string of the molecule is CC(N=Cc1cccc(Cl)c1O)C(O)(c1ccccc1)c1ccccc1. The lowest BCUT2D eigenvalue weighted by Gasteiger charge is -2.33. The van der Waals surface area contributed by atoms with E-state index in [9.17, 15) is 10.2 Å². The van der Waals surface area contributed by atoms with Crippen molar-refractivity contribution in [2.45, 2.75) is 18.6 Å². The fourth-order valence-electron chi connectivity index (χ4n) is 2.97. The molecule has 3 rings (SSSR count). The molecule has 3 nitrogen and oxygen atoms in total. The lowest BCUT2D eigenvalue weighted by molar-refractivity contribution is 0.0589. The number of aliphatic hydroxyl groups is 1. The number of aliphatic imine (C=N–C) groups is 1. The van der Waals surface area contributed by atoms with Crippen LogP contribution in [-0.2, 0) is 5.60 Å². The van der Waals surface area contributed by atoms with E-state index in [0.717, 1.165) is 11.1 Å². The second kappa shape index (κ2) is 7.73. The summed E-state index contributed by atoms with van der Waals surface area (Å²) in [5.41, 5.74) is 0.720. The summed E-state index contributed by atoms with van der Waals surface area (Å²) in [6.45, 7) is 1.85. The Bertz CT molecular complexity index is 855. The Morgan fingerprint density at radius 3 is 1.96 bits per heavy atom. The first-order valence-corrected chi connectivity index (χ1v) is 8.75. The van der Waals surface area contributed by atoms with Gasteiger partial charge in [0.1, 0.15) is 11.4 Å². The minimum atomic E-state index is -1.30. The van der Waals surface area contributed by atoms with Crippen LogP contribution in [0.1, 0.15) is 23.6 Å². The normalized spacial score (nSPS) is 13.0. The molecule has 3 aromatic carbocycles. The molecule has 0 amide bonds. The molecule has 132 valence electrons. The first-order valence-electron chi connectivity index (χ1n) is 8.37. The molecule has 0 aliphatic rings. The van der Waals surface area contributed by atoms with Gasteiger partial charge in [-0.25, -0.2) is 0 Å². The Kier molecular flexibility index (Phi) is 5.40. The Labute approximate surface area is 158 Å². The summed E-state index contributed by atoms with van der Waals surface area (Å²) in [5, 5.41) is 22.0. The molecule has 0 radical (unpaired) electrons. The van der Waals surface area contributed by atoms with Crippen molar-refractivity contribution in [1.82, 2.24) is 0 Å². The van der Waals surface area contributed by atoms with Crippen molar-refractivity contribution in [3.63, 3.8) is 0 Å². The Morgan fingerprint density at radius 2 is 1.42 bits per heavy atom. The summed E-state index contributed by atoms with van der Waals surface area (Å²) in [4.78, 5) is 4.53. The molecule has 4 heteroatoms. The van der Waals surface area contributed by atoms with E-state index >= 15 is 0 Å². The number of hydrogen-bond donors (Lipinski definition) is 2. The number of hydrogen-bond acceptors (Lipinski definition) is 3. The van der Waals surface area contributed by atoms with Gasteiger partial charge in [0, 0.05) is 11.8 Å². The molecular formula is C22H20ClNO2. The van der Waals surface area contributed by atoms with E-state index in [4.69, 9.17) is 11.6 Å². The summed E-state index contributed by atoms with van der Waals surface area (Å²) in [5.74, 6) is -0.0203. The van der Waals surface area contributed by atoms with Gasteiger partial charge in [-0.15, -0.1) is 0 Å². The van der Waals surface area contributed by atoms with Gasteiger partial charge in [0.05, 0.1) is 11.1 Å². The topological polar surface area (TPSA) is 52.8 Å². The first kappa shape index (κ1) is 18.2. The van der Waals surface area contributed by atoms with Crippen molar-refractivity contribution in [3.8, 4) is 5.75 Å². The second-order valence-electron chi connectivity index (χ2n) is 6.13. The van der Waals surface area contributed by atoms with Crippen molar-refractivity contribution >= 4 is 17.8 Å². The van der Waals surface area contributed by atoms with Crippen molar-refractivity contribution in [2.75, 3.05) is 0 Å². The summed E-state index contributed by atoms with van der Waals surface area (Å²) in [6.07, 6.45) is 1.54. The Morgan fingerprint density at radius 1 is 0.885 bits per heavy atom. The molecule has 0 aliphatic carbocycles. The Balaban J connectivity index is 2.02. The van der Waals surface area contributed by atoms with Crippen molar-refractivity contribution in [2.24, 2.45) is 4.99 Å². The standard InChI is InChI=1S/C22H20ClNO2/c1-16(24-15-17-9-8-14-20(23)21(17)25)22(26,18-10-4-2-5-11-18)19-12-6-3-7-13-19/h2-16,25-26H,1H3. The highest BCUT2D eigenvalue weighted by Crippen LogP contribution is 2.35. The van der Waals surface area contributed by atoms with Crippen molar-refractivity contribution in [1.29, 1.82) is 0 Å². The van der Waals surface area contributed by atoms with Crippen LogP contribution in [0.5, 0.6) is 5.75 Å². The zero-order chi connectivity index (χ0) is 18.6. The first-order chi connectivity index (χ1) is 12.5. The lowest BCUT2D eigenvalue weighted by Crippen LogP contribution is -2.38. The van der Waals surface area contributed by atoms with Gasteiger partial charge in [-0.1, -0.05) is 78.3 Å². The van der Waals surface area contributed by atoms with E-state index < -0.39 is 11.6 Å². The van der Waals surface area contributed by atoms with Crippen molar-refractivity contribution in [3.05, 3.63) is 101 Å². The molecule has 0 spiro atoms. The number of rotatable bonds is 5. The van der Waals surface area contributed by atoms with Gasteiger partial charge in [-0.3, -0.25) is 4.99 Å². The number of para-hydroxylation sites is 1. The third-order valence-electron chi connectivity index (χ3n) is 4.49. The predicted octanol–water partition coefficient (Wildman–Crippen LogP) is 4.79. The number of phenols is 1. The molecular weight excluding hydrogens is 346 g/mol. The fourth-order valence-corrected chi connectivity index (χ4v) is 3.15. The fraction of sp³-hybridized carbons (Fsp3) is 0.136. The van der Waals surface area contributed by atoms with Crippen LogP contribution in [0.4, 0.5) is 0 Å². The zero-order valence-electron chi connectivity index (χ0n) is 14.4. The highest BCUT2D eigenvalue weighted by Gasteiger charge is 2.37. The molecule has 1 atom stereocenters. The van der Waals surface area contributed by atoms with Crippen LogP contribution in [0.25, 0.3) is 0 Å². The minimum absolute atomic E-state index is 0.0203. The maximum Gasteiger partial charge on any atom is 0.142 e. The smallest absolute Gasteiger partial charge is 0.142 e. The van der Waals surface area contributed by atoms with Gasteiger partial charge in [0.25, 0.3) is 0 Å². The van der Waals surface area contributed by atoms with Gasteiger partial charge in [-0.05, 0) is 30.2 Å². The second-order valence-corrected chi connectivity index (χ2v) is 6.54. The van der Waals surface area contributed by atoms with Crippen LogP contribution in [0.2, 0.25) is 5.02 Å². The van der Waals surface area contributed by atoms with Crippen LogP contribution in [0.3, 0.4) is 0 Å². The Hall–Kier alpha value is -2.62. The highest BCUT2D eigenvalue weighted by molar-refractivity contribution is 6.32. The molecule has 0 fully saturated rings. The number of phenolic OH excluding ortho intramolecular Hbond substituents is 1. The molecule has 0 aromatic heterocycles. The van der Waals surface area contributed by atoms with E-state index in [1.807, 2.05) is 67.6 Å². The third-order valence-corrected chi connectivity index (χ3v) is 4.79. The van der Waals surface area contributed by atoms with Crippen LogP contribution in [0, 0.1) is 0 Å². The van der Waals surface area contributed by atoms with Crippen LogP contribution < -0.4 is 0 Å². The number of aromatic hydroxyl groups is 1. The summed E-state index contributed by atoms with van der Waals surface area (Å²) < 4.78 is 0. The van der Waals surface area contributed by atoms with E-state index in [1.54, 1.807) is 24.4 Å². The minimum Gasteiger partial charge on any atom is -0.506 e. The summed E-state index contributed by atoms with van der Waals surface area (Å²) in [6, 6.07) is 23.5. The van der Waals surface area contributed by atoms with Crippen LogP contribution >= 0.6 is 11.6 Å². The summed E-state index contributed by atoms with van der Waals surface area (Å²) in [7, 11) is 0. The molecule has 0 heterocycles.